The smallest absolute Gasteiger partial charge is 0.406 e. The summed E-state index contributed by atoms with van der Waals surface area (Å²) in [4.78, 5) is 23.7. The number of nitrogens with one attached hydrogen (secondary N) is 1. The summed E-state index contributed by atoms with van der Waals surface area (Å²) in [7, 11) is 0. The van der Waals surface area contributed by atoms with Crippen LogP contribution in [-0.4, -0.2) is 36.2 Å². The van der Waals surface area contributed by atoms with Gasteiger partial charge in [0.05, 0.1) is 11.7 Å². The zero-order valence-corrected chi connectivity index (χ0v) is 18.1. The van der Waals surface area contributed by atoms with Crippen LogP contribution in [0.2, 0.25) is 0 Å². The van der Waals surface area contributed by atoms with Crippen LogP contribution in [0.5, 0.6) is 5.75 Å². The molecule has 4 rings (SSSR count). The summed E-state index contributed by atoms with van der Waals surface area (Å²) < 4.78 is 44.2. The van der Waals surface area contributed by atoms with E-state index in [4.69, 9.17) is 5.73 Å². The summed E-state index contributed by atoms with van der Waals surface area (Å²) in [5, 5.41) is 2.84. The number of nitrogens with two attached hydrogens (primary N) is 1. The minimum atomic E-state index is -4.82. The van der Waals surface area contributed by atoms with Crippen LogP contribution in [0.4, 0.5) is 13.2 Å². The van der Waals surface area contributed by atoms with Gasteiger partial charge in [0.15, 0.2) is 0 Å². The van der Waals surface area contributed by atoms with Crippen molar-refractivity contribution in [1.29, 1.82) is 0 Å². The van der Waals surface area contributed by atoms with E-state index in [-0.39, 0.29) is 30.1 Å². The Labute approximate surface area is 193 Å². The van der Waals surface area contributed by atoms with Crippen molar-refractivity contribution in [3.05, 3.63) is 65.9 Å². The van der Waals surface area contributed by atoms with Crippen molar-refractivity contribution in [2.75, 3.05) is 13.1 Å². The second kappa shape index (κ2) is 9.68. The Kier molecular flexibility index (Phi) is 7.14. The van der Waals surface area contributed by atoms with Crippen LogP contribution in [0.1, 0.15) is 33.3 Å². The van der Waals surface area contributed by atoms with Gasteiger partial charge >= 0.3 is 6.36 Å². The first-order chi connectivity index (χ1) is 15.3. The summed E-state index contributed by atoms with van der Waals surface area (Å²) in [6, 6.07) is 13.9. The number of carbonyl (C=O) groups is 2. The summed E-state index contributed by atoms with van der Waals surface area (Å²) in [5.41, 5.74) is 9.08. The normalized spacial score (nSPS) is 15.3. The first kappa shape index (κ1) is 24.3. The molecule has 0 radical (unpaired) electrons. The summed E-state index contributed by atoms with van der Waals surface area (Å²) in [6.45, 7) is 0.777. The maximum Gasteiger partial charge on any atom is 0.573 e. The van der Waals surface area contributed by atoms with Crippen molar-refractivity contribution in [2.24, 2.45) is 5.73 Å². The van der Waals surface area contributed by atoms with E-state index >= 15 is 0 Å². The lowest BCUT2D eigenvalue weighted by atomic mass is 10.00. The average molecular weight is 480 g/mol. The van der Waals surface area contributed by atoms with Crippen molar-refractivity contribution < 1.29 is 27.5 Å². The van der Waals surface area contributed by atoms with Crippen molar-refractivity contribution in [1.82, 2.24) is 9.88 Å². The average Bonchev–Trinajstić information content (AvgIpc) is 3.17. The monoisotopic (exact) mass is 479 g/mol. The molecule has 2 aromatic carbocycles. The fourth-order valence-corrected chi connectivity index (χ4v) is 3.99. The van der Waals surface area contributed by atoms with Crippen molar-refractivity contribution in [2.45, 2.75) is 18.8 Å². The molecule has 0 unspecified atom stereocenters. The third-order valence-electron chi connectivity index (χ3n) is 5.33. The highest BCUT2D eigenvalue weighted by Gasteiger charge is 2.32. The Morgan fingerprint density at radius 1 is 1.12 bits per heavy atom. The number of hydrogen-bond donors (Lipinski definition) is 2. The molecule has 33 heavy (non-hydrogen) atoms. The molecule has 0 fully saturated rings. The highest BCUT2D eigenvalue weighted by molar-refractivity contribution is 5.99. The number of alkyl halides is 3. The van der Waals surface area contributed by atoms with Gasteiger partial charge < -0.3 is 20.4 Å². The number of amides is 1. The van der Waals surface area contributed by atoms with E-state index in [0.29, 0.717) is 47.6 Å². The van der Waals surface area contributed by atoms with Gasteiger partial charge in [-0.05, 0) is 42.3 Å². The Hall–Kier alpha value is -3.30. The molecule has 1 aliphatic rings. The zero-order valence-electron chi connectivity index (χ0n) is 17.3. The number of rotatable bonds is 6. The third kappa shape index (κ3) is 5.04. The number of fused-ring (bicyclic) bond motifs is 1. The van der Waals surface area contributed by atoms with Gasteiger partial charge in [0.1, 0.15) is 17.7 Å². The number of hydrogen-bond acceptors (Lipinski definition) is 4. The largest absolute Gasteiger partial charge is 0.573 e. The SMILES string of the molecule is Cl.NCC[C@H]1CNC(=O)c2cc(-c3cccc(OC(F)(F)F)c3)c(-c3ccc(C=O)cc3)n21. The molecule has 10 heteroatoms. The molecule has 3 aromatic rings. The van der Waals surface area contributed by atoms with Gasteiger partial charge in [0.25, 0.3) is 5.91 Å². The Morgan fingerprint density at radius 3 is 2.48 bits per heavy atom. The van der Waals surface area contributed by atoms with E-state index in [0.717, 1.165) is 11.8 Å². The highest BCUT2D eigenvalue weighted by Crippen LogP contribution is 2.40. The van der Waals surface area contributed by atoms with Crippen molar-refractivity contribution >= 4 is 24.6 Å². The summed E-state index contributed by atoms with van der Waals surface area (Å²) >= 11 is 0. The first-order valence-corrected chi connectivity index (χ1v) is 9.96. The van der Waals surface area contributed by atoms with E-state index in [9.17, 15) is 22.8 Å². The van der Waals surface area contributed by atoms with E-state index < -0.39 is 6.36 Å². The molecule has 0 spiro atoms. The van der Waals surface area contributed by atoms with Gasteiger partial charge in [-0.3, -0.25) is 9.59 Å². The van der Waals surface area contributed by atoms with Gasteiger partial charge in [-0.15, -0.1) is 25.6 Å². The number of halogens is 4. The van der Waals surface area contributed by atoms with Crippen molar-refractivity contribution in [3.8, 4) is 28.1 Å². The predicted molar refractivity (Wildman–Crippen MR) is 120 cm³/mol. The standard InChI is InChI=1S/C23H20F3N3O3.ClH/c24-23(25,26)32-18-3-1-2-16(10-18)19-11-20-22(31)28-12-17(8-9-27)29(20)21(19)15-6-4-14(13-30)5-7-15;/h1-7,10-11,13,17H,8-9,12,27H2,(H,28,31);1H/t17-;/m0./s1. The van der Waals surface area contributed by atoms with E-state index in [1.54, 1.807) is 36.4 Å². The van der Waals surface area contributed by atoms with Crippen LogP contribution in [0.3, 0.4) is 0 Å². The van der Waals surface area contributed by atoms with Crippen LogP contribution < -0.4 is 15.8 Å². The number of aldehydes is 1. The highest BCUT2D eigenvalue weighted by atomic mass is 35.5. The van der Waals surface area contributed by atoms with Crippen LogP contribution >= 0.6 is 12.4 Å². The molecule has 174 valence electrons. The molecule has 0 saturated heterocycles. The lowest BCUT2D eigenvalue weighted by Crippen LogP contribution is -2.39. The van der Waals surface area contributed by atoms with Gasteiger partial charge in [-0.2, -0.15) is 0 Å². The summed E-state index contributed by atoms with van der Waals surface area (Å²) in [6.07, 6.45) is -3.50. The lowest BCUT2D eigenvalue weighted by molar-refractivity contribution is -0.274. The summed E-state index contributed by atoms with van der Waals surface area (Å²) in [5.74, 6) is -0.637. The molecule has 6 nitrogen and oxygen atoms in total. The fourth-order valence-electron chi connectivity index (χ4n) is 3.99. The Morgan fingerprint density at radius 2 is 1.85 bits per heavy atom. The number of nitrogens with zero attached hydrogens (tertiary/aromatic N) is 1. The molecule has 1 atom stereocenters. The molecule has 1 aromatic heterocycles. The molecule has 0 saturated carbocycles. The minimum absolute atomic E-state index is 0. The van der Waals surface area contributed by atoms with E-state index in [1.165, 1.54) is 18.2 Å². The van der Waals surface area contributed by atoms with Crippen molar-refractivity contribution in [3.63, 3.8) is 0 Å². The van der Waals surface area contributed by atoms with E-state index in [2.05, 4.69) is 10.1 Å². The molecule has 1 aliphatic heterocycles. The number of aromatic nitrogens is 1. The van der Waals surface area contributed by atoms with Crippen LogP contribution in [0.25, 0.3) is 22.4 Å². The minimum Gasteiger partial charge on any atom is -0.406 e. The first-order valence-electron chi connectivity index (χ1n) is 9.96. The molecular formula is C23H21ClF3N3O3. The van der Waals surface area contributed by atoms with Crippen LogP contribution in [0.15, 0.2) is 54.6 Å². The molecule has 0 bridgehead atoms. The topological polar surface area (TPSA) is 86.3 Å². The van der Waals surface area contributed by atoms with Gasteiger partial charge in [-0.25, -0.2) is 0 Å². The maximum absolute atomic E-state index is 12.7. The second-order valence-corrected chi connectivity index (χ2v) is 7.42. The van der Waals surface area contributed by atoms with Crippen LogP contribution in [0, 0.1) is 0 Å². The number of carbonyl (C=O) groups excluding carboxylic acids is 2. The van der Waals surface area contributed by atoms with Gasteiger partial charge in [0.2, 0.25) is 0 Å². The Bertz CT molecular complexity index is 1160. The Balaban J connectivity index is 0.00000306. The van der Waals surface area contributed by atoms with Crippen LogP contribution in [-0.2, 0) is 0 Å². The van der Waals surface area contributed by atoms with Gasteiger partial charge in [-0.1, -0.05) is 36.4 Å². The number of benzene rings is 2. The molecule has 3 N–H and O–H groups in total. The quantitative estimate of drug-likeness (QED) is 0.506. The fraction of sp³-hybridized carbons (Fsp3) is 0.217. The molecule has 0 aliphatic carbocycles. The van der Waals surface area contributed by atoms with E-state index in [1.807, 2.05) is 4.57 Å². The predicted octanol–water partition coefficient (Wildman–Crippen LogP) is 4.59. The second-order valence-electron chi connectivity index (χ2n) is 7.42. The lowest BCUT2D eigenvalue weighted by Gasteiger charge is -2.28. The van der Waals surface area contributed by atoms with Gasteiger partial charge in [0, 0.05) is 17.7 Å². The molecule has 1 amide bonds. The third-order valence-corrected chi connectivity index (χ3v) is 5.33. The maximum atomic E-state index is 12.7. The molecule has 2 heterocycles. The number of ether oxygens (including phenoxy) is 1. The zero-order chi connectivity index (χ0) is 22.9. The molecular weight excluding hydrogens is 459 g/mol.